The smallest absolute Gasteiger partial charge is 0.303 e. The van der Waals surface area contributed by atoms with Crippen molar-refractivity contribution in [2.24, 2.45) is 5.92 Å². The predicted molar refractivity (Wildman–Crippen MR) is 108 cm³/mol. The number of carboxylic acids is 1. The summed E-state index contributed by atoms with van der Waals surface area (Å²) in [6, 6.07) is 7.46. The van der Waals surface area contributed by atoms with Crippen molar-refractivity contribution in [3.8, 4) is 5.69 Å². The lowest BCUT2D eigenvalue weighted by molar-refractivity contribution is -0.136. The number of piperidine rings is 1. The van der Waals surface area contributed by atoms with Gasteiger partial charge in [-0.1, -0.05) is 6.08 Å². The Morgan fingerprint density at radius 3 is 2.43 bits per heavy atom. The molecule has 28 heavy (non-hydrogen) atoms. The first-order valence-corrected chi connectivity index (χ1v) is 9.70. The standard InChI is InChI=1S/C22H27N3O3/c1-4-17-11-13-24(14-12-17)22(28)18-5-7-19(8-6-18)25-16(3)20(15(2)23-25)9-10-21(26)27/h4-8,17H,1,9-14H2,2-3H3,(H,26,27). The SMILES string of the molecule is C=CC1CCN(C(=O)c2ccc(-n3nc(C)c(CCC(=O)O)c3C)cc2)CC1. The average Bonchev–Trinajstić information content (AvgIpc) is 2.99. The first kappa shape index (κ1) is 19.9. The highest BCUT2D eigenvalue weighted by Gasteiger charge is 2.22. The molecule has 148 valence electrons. The molecule has 0 bridgehead atoms. The van der Waals surface area contributed by atoms with Gasteiger partial charge >= 0.3 is 5.97 Å². The minimum Gasteiger partial charge on any atom is -0.481 e. The van der Waals surface area contributed by atoms with E-state index in [4.69, 9.17) is 5.11 Å². The highest BCUT2D eigenvalue weighted by atomic mass is 16.4. The molecule has 3 rings (SSSR count). The van der Waals surface area contributed by atoms with E-state index in [1.165, 1.54) is 0 Å². The first-order valence-electron chi connectivity index (χ1n) is 9.70. The fourth-order valence-corrected chi connectivity index (χ4v) is 3.79. The molecule has 1 fully saturated rings. The summed E-state index contributed by atoms with van der Waals surface area (Å²) in [5, 5.41) is 13.5. The van der Waals surface area contributed by atoms with Gasteiger partial charge in [-0.2, -0.15) is 5.10 Å². The van der Waals surface area contributed by atoms with E-state index in [0.717, 1.165) is 48.6 Å². The summed E-state index contributed by atoms with van der Waals surface area (Å²) in [7, 11) is 0. The Morgan fingerprint density at radius 2 is 1.86 bits per heavy atom. The van der Waals surface area contributed by atoms with Gasteiger partial charge in [0.25, 0.3) is 5.91 Å². The van der Waals surface area contributed by atoms with E-state index in [0.29, 0.717) is 17.9 Å². The molecule has 0 saturated carbocycles. The Labute approximate surface area is 165 Å². The second kappa shape index (κ2) is 8.42. The third-order valence-corrected chi connectivity index (χ3v) is 5.55. The molecule has 1 aliphatic heterocycles. The highest BCUT2D eigenvalue weighted by molar-refractivity contribution is 5.94. The van der Waals surface area contributed by atoms with Gasteiger partial charge in [0.05, 0.1) is 11.4 Å². The molecule has 0 radical (unpaired) electrons. The van der Waals surface area contributed by atoms with Crippen LogP contribution in [0.2, 0.25) is 0 Å². The summed E-state index contributed by atoms with van der Waals surface area (Å²) in [6.45, 7) is 9.22. The Balaban J connectivity index is 1.74. The molecule has 1 amide bonds. The largest absolute Gasteiger partial charge is 0.481 e. The average molecular weight is 381 g/mol. The van der Waals surface area contributed by atoms with Gasteiger partial charge in [0.2, 0.25) is 0 Å². The molecule has 6 heteroatoms. The molecule has 2 aromatic rings. The van der Waals surface area contributed by atoms with Gasteiger partial charge in [0.15, 0.2) is 0 Å². The number of rotatable bonds is 6. The number of aryl methyl sites for hydroxylation is 1. The monoisotopic (exact) mass is 381 g/mol. The van der Waals surface area contributed by atoms with Crippen LogP contribution in [0, 0.1) is 19.8 Å². The zero-order valence-corrected chi connectivity index (χ0v) is 16.5. The van der Waals surface area contributed by atoms with Crippen LogP contribution in [-0.2, 0) is 11.2 Å². The summed E-state index contributed by atoms with van der Waals surface area (Å²) in [5.41, 5.74) is 4.28. The molecule has 6 nitrogen and oxygen atoms in total. The quantitative estimate of drug-likeness (QED) is 0.777. The van der Waals surface area contributed by atoms with Crippen LogP contribution in [0.5, 0.6) is 0 Å². The van der Waals surface area contributed by atoms with Gasteiger partial charge in [-0.25, -0.2) is 4.68 Å². The molecule has 1 aromatic carbocycles. The summed E-state index contributed by atoms with van der Waals surface area (Å²) in [5.74, 6) is -0.246. The number of carbonyl (C=O) groups is 2. The number of allylic oxidation sites excluding steroid dienone is 1. The molecule has 0 aliphatic carbocycles. The molecule has 2 heterocycles. The minimum atomic E-state index is -0.813. The summed E-state index contributed by atoms with van der Waals surface area (Å²) in [4.78, 5) is 25.5. The van der Waals surface area contributed by atoms with Crippen molar-refractivity contribution in [2.45, 2.75) is 39.5 Å². The maximum Gasteiger partial charge on any atom is 0.303 e. The van der Waals surface area contributed by atoms with Crippen molar-refractivity contribution < 1.29 is 14.7 Å². The van der Waals surface area contributed by atoms with E-state index in [9.17, 15) is 9.59 Å². The molecular formula is C22H27N3O3. The fourth-order valence-electron chi connectivity index (χ4n) is 3.79. The molecule has 1 saturated heterocycles. The Kier molecular flexibility index (Phi) is 5.97. The number of nitrogens with zero attached hydrogens (tertiary/aromatic N) is 3. The normalized spacial score (nSPS) is 14.9. The molecule has 0 atom stereocenters. The van der Waals surface area contributed by atoms with Crippen molar-refractivity contribution in [3.63, 3.8) is 0 Å². The van der Waals surface area contributed by atoms with Gasteiger partial charge in [0, 0.05) is 30.8 Å². The number of benzene rings is 1. The highest BCUT2D eigenvalue weighted by Crippen LogP contribution is 2.22. The van der Waals surface area contributed by atoms with E-state index in [1.54, 1.807) is 0 Å². The van der Waals surface area contributed by atoms with Crippen LogP contribution in [0.3, 0.4) is 0 Å². The zero-order chi connectivity index (χ0) is 20.3. The van der Waals surface area contributed by atoms with Crippen LogP contribution in [0.1, 0.15) is 46.6 Å². The number of amides is 1. The van der Waals surface area contributed by atoms with Gasteiger partial charge in [0.1, 0.15) is 0 Å². The number of likely N-dealkylation sites (tertiary alicyclic amines) is 1. The van der Waals surface area contributed by atoms with Crippen molar-refractivity contribution in [1.29, 1.82) is 0 Å². The lowest BCUT2D eigenvalue weighted by Crippen LogP contribution is -2.38. The first-order chi connectivity index (χ1) is 13.4. The minimum absolute atomic E-state index is 0.0598. The van der Waals surface area contributed by atoms with Crippen molar-refractivity contribution >= 4 is 11.9 Å². The summed E-state index contributed by atoms with van der Waals surface area (Å²) >= 11 is 0. The van der Waals surface area contributed by atoms with Gasteiger partial charge in [-0.3, -0.25) is 9.59 Å². The number of carboxylic acid groups (broad SMARTS) is 1. The lowest BCUT2D eigenvalue weighted by Gasteiger charge is -2.30. The zero-order valence-electron chi connectivity index (χ0n) is 16.5. The third-order valence-electron chi connectivity index (χ3n) is 5.55. The Morgan fingerprint density at radius 1 is 1.21 bits per heavy atom. The van der Waals surface area contributed by atoms with Crippen LogP contribution in [-0.4, -0.2) is 44.8 Å². The Hall–Kier alpha value is -2.89. The molecule has 1 aliphatic rings. The van der Waals surface area contributed by atoms with E-state index >= 15 is 0 Å². The second-order valence-corrected chi connectivity index (χ2v) is 7.37. The maximum atomic E-state index is 12.7. The number of aliphatic carboxylic acids is 1. The third kappa shape index (κ3) is 4.16. The molecule has 1 aromatic heterocycles. The number of hydrogen-bond acceptors (Lipinski definition) is 3. The predicted octanol–water partition coefficient (Wildman–Crippen LogP) is 3.54. The van der Waals surface area contributed by atoms with Gasteiger partial charge < -0.3 is 10.0 Å². The lowest BCUT2D eigenvalue weighted by atomic mass is 9.96. The Bertz CT molecular complexity index is 875. The van der Waals surface area contributed by atoms with Gasteiger partial charge in [-0.15, -0.1) is 6.58 Å². The molecule has 1 N–H and O–H groups in total. The van der Waals surface area contributed by atoms with Crippen LogP contribution in [0.15, 0.2) is 36.9 Å². The fraction of sp³-hybridized carbons (Fsp3) is 0.409. The van der Waals surface area contributed by atoms with E-state index in [2.05, 4.69) is 11.7 Å². The van der Waals surface area contributed by atoms with Crippen LogP contribution >= 0.6 is 0 Å². The number of aromatic nitrogens is 2. The maximum absolute atomic E-state index is 12.7. The summed E-state index contributed by atoms with van der Waals surface area (Å²) in [6.07, 6.45) is 4.47. The van der Waals surface area contributed by atoms with Crippen molar-refractivity contribution in [3.05, 3.63) is 59.4 Å². The number of hydrogen-bond donors (Lipinski definition) is 1. The van der Waals surface area contributed by atoms with Crippen molar-refractivity contribution in [1.82, 2.24) is 14.7 Å². The molecular weight excluding hydrogens is 354 g/mol. The van der Waals surface area contributed by atoms with Crippen molar-refractivity contribution in [2.75, 3.05) is 13.1 Å². The van der Waals surface area contributed by atoms with Crippen LogP contribution < -0.4 is 0 Å². The molecule has 0 unspecified atom stereocenters. The second-order valence-electron chi connectivity index (χ2n) is 7.37. The number of carbonyl (C=O) groups excluding carboxylic acids is 1. The summed E-state index contributed by atoms with van der Waals surface area (Å²) < 4.78 is 1.82. The van der Waals surface area contributed by atoms with E-state index in [1.807, 2.05) is 53.8 Å². The van der Waals surface area contributed by atoms with E-state index < -0.39 is 5.97 Å². The molecule has 0 spiro atoms. The topological polar surface area (TPSA) is 75.4 Å². The van der Waals surface area contributed by atoms with E-state index in [-0.39, 0.29) is 12.3 Å². The van der Waals surface area contributed by atoms with Crippen LogP contribution in [0.4, 0.5) is 0 Å². The van der Waals surface area contributed by atoms with Gasteiger partial charge in [-0.05, 0) is 68.9 Å². The van der Waals surface area contributed by atoms with Crippen LogP contribution in [0.25, 0.3) is 5.69 Å².